The number of hydrogen-bond acceptors (Lipinski definition) is 4. The van der Waals surface area contributed by atoms with Gasteiger partial charge in [-0.2, -0.15) is 0 Å². The largest absolute Gasteiger partial charge is 0.485 e. The Bertz CT molecular complexity index is 545. The minimum atomic E-state index is -0.180. The lowest BCUT2D eigenvalue weighted by molar-refractivity contribution is 0.00286. The van der Waals surface area contributed by atoms with Gasteiger partial charge < -0.3 is 15.8 Å². The van der Waals surface area contributed by atoms with E-state index >= 15 is 0 Å². The average molecular weight is 289 g/mol. The van der Waals surface area contributed by atoms with Crippen molar-refractivity contribution in [1.29, 1.82) is 0 Å². The molecule has 0 radical (unpaired) electrons. The van der Waals surface area contributed by atoms with Gasteiger partial charge in [0.25, 0.3) is 0 Å². The van der Waals surface area contributed by atoms with E-state index in [0.717, 1.165) is 43.1 Å². The summed E-state index contributed by atoms with van der Waals surface area (Å²) in [5, 5.41) is 3.50. The zero-order valence-electron chi connectivity index (χ0n) is 13.8. The normalized spacial score (nSPS) is 29.3. The van der Waals surface area contributed by atoms with Crippen LogP contribution in [0.2, 0.25) is 0 Å². The van der Waals surface area contributed by atoms with Gasteiger partial charge in [-0.1, -0.05) is 0 Å². The second-order valence-corrected chi connectivity index (χ2v) is 6.89. The molecule has 116 valence electrons. The summed E-state index contributed by atoms with van der Waals surface area (Å²) in [7, 11) is 2.20. The third-order valence-corrected chi connectivity index (χ3v) is 5.52. The minimum Gasteiger partial charge on any atom is -0.485 e. The maximum Gasteiger partial charge on any atom is 0.127 e. The summed E-state index contributed by atoms with van der Waals surface area (Å²) in [5.41, 5.74) is 11.9. The molecule has 1 aromatic rings. The van der Waals surface area contributed by atoms with Crippen LogP contribution in [0.25, 0.3) is 0 Å². The molecule has 3 rings (SSSR count). The first-order chi connectivity index (χ1) is 9.85. The van der Waals surface area contributed by atoms with Crippen LogP contribution in [0, 0.1) is 20.8 Å². The van der Waals surface area contributed by atoms with Gasteiger partial charge >= 0.3 is 0 Å². The van der Waals surface area contributed by atoms with E-state index in [-0.39, 0.29) is 5.60 Å². The van der Waals surface area contributed by atoms with Gasteiger partial charge in [0, 0.05) is 37.3 Å². The van der Waals surface area contributed by atoms with E-state index in [0.29, 0.717) is 6.04 Å². The summed E-state index contributed by atoms with van der Waals surface area (Å²) in [6.07, 6.45) is 0.941. The van der Waals surface area contributed by atoms with Crippen molar-refractivity contribution in [3.05, 3.63) is 22.3 Å². The zero-order valence-corrected chi connectivity index (χ0v) is 13.8. The highest BCUT2D eigenvalue weighted by Gasteiger charge is 2.46. The Morgan fingerprint density at radius 2 is 1.95 bits per heavy atom. The van der Waals surface area contributed by atoms with Gasteiger partial charge in [0.05, 0.1) is 6.04 Å². The van der Waals surface area contributed by atoms with E-state index in [1.165, 1.54) is 16.7 Å². The van der Waals surface area contributed by atoms with Crippen LogP contribution in [-0.2, 0) is 6.42 Å². The summed E-state index contributed by atoms with van der Waals surface area (Å²) >= 11 is 0. The molecule has 0 spiro atoms. The monoisotopic (exact) mass is 289 g/mol. The quantitative estimate of drug-likeness (QED) is 0.774. The third-order valence-electron chi connectivity index (χ3n) is 5.52. The van der Waals surface area contributed by atoms with Gasteiger partial charge in [0.15, 0.2) is 0 Å². The molecule has 21 heavy (non-hydrogen) atoms. The van der Waals surface area contributed by atoms with Crippen molar-refractivity contribution < 1.29 is 4.74 Å². The highest BCUT2D eigenvalue weighted by Crippen LogP contribution is 2.45. The second-order valence-electron chi connectivity index (χ2n) is 6.89. The fraction of sp³-hybridized carbons (Fsp3) is 0.647. The summed E-state index contributed by atoms with van der Waals surface area (Å²) in [6.45, 7) is 11.7. The number of nitrogens with two attached hydrogens (primary N) is 1. The van der Waals surface area contributed by atoms with Gasteiger partial charge in [-0.25, -0.2) is 0 Å². The number of hydrogen-bond donors (Lipinski definition) is 2. The molecule has 2 heterocycles. The molecule has 2 aliphatic heterocycles. The third kappa shape index (κ3) is 2.12. The second kappa shape index (κ2) is 4.89. The van der Waals surface area contributed by atoms with Crippen LogP contribution in [0.1, 0.15) is 29.2 Å². The summed E-state index contributed by atoms with van der Waals surface area (Å²) < 4.78 is 6.51. The molecule has 1 aromatic carbocycles. The smallest absolute Gasteiger partial charge is 0.127 e. The number of likely N-dealkylation sites (N-methyl/N-ethyl adjacent to an activating group) is 1. The number of nitrogens with one attached hydrogen (secondary N) is 1. The van der Waals surface area contributed by atoms with Gasteiger partial charge in [0.1, 0.15) is 11.4 Å². The standard InChI is InChI=1S/C17H27N3O/c1-10-11(2)16-13(12(3)15(10)18)8-17(4,21-16)14-9-19-6-7-20(14)5/h14,19H,6-9,18H2,1-5H3. The van der Waals surface area contributed by atoms with E-state index in [9.17, 15) is 0 Å². The lowest BCUT2D eigenvalue weighted by atomic mass is 9.86. The first-order valence-corrected chi connectivity index (χ1v) is 7.83. The number of benzene rings is 1. The Morgan fingerprint density at radius 1 is 1.24 bits per heavy atom. The molecule has 0 bridgehead atoms. The minimum absolute atomic E-state index is 0.180. The molecule has 4 nitrogen and oxygen atoms in total. The van der Waals surface area contributed by atoms with E-state index in [1.54, 1.807) is 0 Å². The van der Waals surface area contributed by atoms with Crippen LogP contribution in [0.5, 0.6) is 5.75 Å². The number of fused-ring (bicyclic) bond motifs is 1. The fourth-order valence-electron chi connectivity index (χ4n) is 3.86. The molecule has 0 aromatic heterocycles. The Kier molecular flexibility index (Phi) is 3.41. The molecule has 4 heteroatoms. The summed E-state index contributed by atoms with van der Waals surface area (Å²) in [5.74, 6) is 1.07. The van der Waals surface area contributed by atoms with Crippen molar-refractivity contribution in [3.8, 4) is 5.75 Å². The number of nitrogen functional groups attached to an aromatic ring is 1. The zero-order chi connectivity index (χ0) is 15.4. The van der Waals surface area contributed by atoms with Crippen molar-refractivity contribution in [3.63, 3.8) is 0 Å². The molecule has 2 atom stereocenters. The molecule has 0 saturated carbocycles. The van der Waals surface area contributed by atoms with Crippen LogP contribution in [0.3, 0.4) is 0 Å². The van der Waals surface area contributed by atoms with Crippen molar-refractivity contribution in [2.45, 2.75) is 45.8 Å². The fourth-order valence-corrected chi connectivity index (χ4v) is 3.86. The van der Waals surface area contributed by atoms with Crippen LogP contribution < -0.4 is 15.8 Å². The maximum atomic E-state index is 6.51. The first-order valence-electron chi connectivity index (χ1n) is 7.83. The van der Waals surface area contributed by atoms with Crippen molar-refractivity contribution >= 4 is 5.69 Å². The Morgan fingerprint density at radius 3 is 2.62 bits per heavy atom. The SMILES string of the molecule is Cc1c(C)c2c(c(C)c1N)CC(C)(C1CNCCN1C)O2. The number of piperazine rings is 1. The Labute approximate surface area is 127 Å². The van der Waals surface area contributed by atoms with Crippen LogP contribution in [0.15, 0.2) is 0 Å². The number of nitrogens with zero attached hydrogens (tertiary/aromatic N) is 1. The van der Waals surface area contributed by atoms with Crippen LogP contribution in [-0.4, -0.2) is 43.2 Å². The van der Waals surface area contributed by atoms with Gasteiger partial charge in [-0.15, -0.1) is 0 Å². The lowest BCUT2D eigenvalue weighted by Gasteiger charge is -2.42. The first kappa shape index (κ1) is 14.7. The molecule has 0 amide bonds. The van der Waals surface area contributed by atoms with E-state index in [1.807, 2.05) is 0 Å². The molecular weight excluding hydrogens is 262 g/mol. The molecule has 0 aliphatic carbocycles. The van der Waals surface area contributed by atoms with Gasteiger partial charge in [-0.3, -0.25) is 4.90 Å². The highest BCUT2D eigenvalue weighted by molar-refractivity contribution is 5.66. The summed E-state index contributed by atoms with van der Waals surface area (Å²) in [6, 6.07) is 0.388. The van der Waals surface area contributed by atoms with Gasteiger partial charge in [0.2, 0.25) is 0 Å². The van der Waals surface area contributed by atoms with Crippen molar-refractivity contribution in [1.82, 2.24) is 10.2 Å². The number of anilines is 1. The molecule has 1 fully saturated rings. The predicted octanol–water partition coefficient (Wildman–Crippen LogP) is 1.79. The van der Waals surface area contributed by atoms with Crippen LogP contribution in [0.4, 0.5) is 5.69 Å². The topological polar surface area (TPSA) is 50.5 Å². The number of rotatable bonds is 1. The Balaban J connectivity index is 2.01. The molecule has 2 unspecified atom stereocenters. The van der Waals surface area contributed by atoms with Gasteiger partial charge in [-0.05, 0) is 51.4 Å². The highest BCUT2D eigenvalue weighted by atomic mass is 16.5. The molecule has 2 aliphatic rings. The maximum absolute atomic E-state index is 6.51. The number of ether oxygens (including phenoxy) is 1. The lowest BCUT2D eigenvalue weighted by Crippen LogP contribution is -2.61. The Hall–Kier alpha value is -1.26. The van der Waals surface area contributed by atoms with Crippen LogP contribution >= 0.6 is 0 Å². The molecular formula is C17H27N3O. The van der Waals surface area contributed by atoms with E-state index < -0.39 is 0 Å². The van der Waals surface area contributed by atoms with E-state index in [2.05, 4.69) is 45.0 Å². The summed E-state index contributed by atoms with van der Waals surface area (Å²) in [4.78, 5) is 2.42. The predicted molar refractivity (Wildman–Crippen MR) is 87.1 cm³/mol. The molecule has 1 saturated heterocycles. The van der Waals surface area contributed by atoms with E-state index in [4.69, 9.17) is 10.5 Å². The molecule has 3 N–H and O–H groups in total. The van der Waals surface area contributed by atoms with Crippen molar-refractivity contribution in [2.24, 2.45) is 0 Å². The average Bonchev–Trinajstić information content (AvgIpc) is 2.82. The van der Waals surface area contributed by atoms with Crippen molar-refractivity contribution in [2.75, 3.05) is 32.4 Å².